The van der Waals surface area contributed by atoms with Crippen LogP contribution in [0.2, 0.25) is 0 Å². The largest absolute Gasteiger partial charge is 0.417 e. The summed E-state index contributed by atoms with van der Waals surface area (Å²) in [5.41, 5.74) is -1.41. The summed E-state index contributed by atoms with van der Waals surface area (Å²) in [7, 11) is 0. The van der Waals surface area contributed by atoms with E-state index in [0.29, 0.717) is 6.42 Å². The molecule has 0 atom stereocenters. The van der Waals surface area contributed by atoms with Crippen LogP contribution in [0.15, 0.2) is 24.3 Å². The maximum absolute atomic E-state index is 12.8. The van der Waals surface area contributed by atoms with Crippen molar-refractivity contribution in [2.75, 3.05) is 0 Å². The van der Waals surface area contributed by atoms with Crippen LogP contribution in [0.3, 0.4) is 0 Å². The summed E-state index contributed by atoms with van der Waals surface area (Å²) in [5, 5.41) is 0. The van der Waals surface area contributed by atoms with Crippen molar-refractivity contribution in [2.24, 2.45) is 0 Å². The molecule has 1 aromatic rings. The Hall–Kier alpha value is -1.65. The number of carbonyl (C=O) groups excluding carboxylic acids is 2. The molecule has 0 amide bonds. The Kier molecular flexibility index (Phi) is 5.92. The van der Waals surface area contributed by atoms with Crippen LogP contribution in [0.5, 0.6) is 0 Å². The van der Waals surface area contributed by atoms with Gasteiger partial charge in [0.1, 0.15) is 5.78 Å². The molecule has 0 fully saturated rings. The first kappa shape index (κ1) is 16.4. The number of carbonyl (C=O) groups is 2. The average molecular weight is 286 g/mol. The van der Waals surface area contributed by atoms with Gasteiger partial charge < -0.3 is 0 Å². The van der Waals surface area contributed by atoms with Gasteiger partial charge in [0.25, 0.3) is 0 Å². The van der Waals surface area contributed by atoms with Crippen molar-refractivity contribution >= 4 is 11.6 Å². The van der Waals surface area contributed by atoms with E-state index in [4.69, 9.17) is 0 Å². The molecule has 5 heteroatoms. The van der Waals surface area contributed by atoms with Crippen molar-refractivity contribution in [1.29, 1.82) is 0 Å². The highest BCUT2D eigenvalue weighted by molar-refractivity contribution is 6.08. The van der Waals surface area contributed by atoms with Crippen molar-refractivity contribution in [3.05, 3.63) is 35.4 Å². The fourth-order valence-electron chi connectivity index (χ4n) is 1.91. The Morgan fingerprint density at radius 1 is 1.10 bits per heavy atom. The van der Waals surface area contributed by atoms with E-state index in [1.54, 1.807) is 0 Å². The van der Waals surface area contributed by atoms with Gasteiger partial charge in [-0.1, -0.05) is 38.0 Å². The lowest BCUT2D eigenvalue weighted by Gasteiger charge is -2.11. The second kappa shape index (κ2) is 7.22. The Bertz CT molecular complexity index is 478. The van der Waals surface area contributed by atoms with Gasteiger partial charge in [-0.2, -0.15) is 13.2 Å². The number of hydrogen-bond donors (Lipinski definition) is 0. The van der Waals surface area contributed by atoms with Gasteiger partial charge in [-0.15, -0.1) is 0 Å². The lowest BCUT2D eigenvalue weighted by atomic mass is 9.98. The minimum absolute atomic E-state index is 0.244. The van der Waals surface area contributed by atoms with Crippen LogP contribution in [0.4, 0.5) is 13.2 Å². The number of rotatable bonds is 7. The first-order valence-corrected chi connectivity index (χ1v) is 6.57. The topological polar surface area (TPSA) is 34.1 Å². The molecule has 0 saturated carbocycles. The van der Waals surface area contributed by atoms with E-state index in [0.717, 1.165) is 25.0 Å². The molecule has 0 radical (unpaired) electrons. The monoisotopic (exact) mass is 286 g/mol. The average Bonchev–Trinajstić information content (AvgIpc) is 2.38. The number of hydrogen-bond acceptors (Lipinski definition) is 2. The first-order valence-electron chi connectivity index (χ1n) is 6.57. The standard InChI is InChI=1S/C15H17F3O2/c1-2-3-4-7-11(19)10-14(20)12-8-5-6-9-13(12)15(16,17)18/h5-6,8-9H,2-4,7,10H2,1H3. The third-order valence-electron chi connectivity index (χ3n) is 2.95. The van der Waals surface area contributed by atoms with E-state index < -0.39 is 29.5 Å². The molecule has 0 bridgehead atoms. The molecule has 0 spiro atoms. The van der Waals surface area contributed by atoms with E-state index in [-0.39, 0.29) is 12.2 Å². The van der Waals surface area contributed by atoms with Gasteiger partial charge >= 0.3 is 6.18 Å². The van der Waals surface area contributed by atoms with Gasteiger partial charge in [-0.05, 0) is 12.5 Å². The van der Waals surface area contributed by atoms with E-state index in [9.17, 15) is 22.8 Å². The maximum Gasteiger partial charge on any atom is 0.417 e. The second-order valence-corrected chi connectivity index (χ2v) is 4.64. The van der Waals surface area contributed by atoms with Crippen LogP contribution < -0.4 is 0 Å². The van der Waals surface area contributed by atoms with Crippen LogP contribution in [0, 0.1) is 0 Å². The van der Waals surface area contributed by atoms with E-state index >= 15 is 0 Å². The molecular formula is C15H17F3O2. The van der Waals surface area contributed by atoms with Gasteiger partial charge in [-0.25, -0.2) is 0 Å². The molecular weight excluding hydrogens is 269 g/mol. The molecule has 0 unspecified atom stereocenters. The fourth-order valence-corrected chi connectivity index (χ4v) is 1.91. The van der Waals surface area contributed by atoms with Crippen LogP contribution in [0.25, 0.3) is 0 Å². The molecule has 0 aliphatic rings. The van der Waals surface area contributed by atoms with E-state index in [2.05, 4.69) is 0 Å². The lowest BCUT2D eigenvalue weighted by molar-refractivity contribution is -0.138. The molecule has 2 nitrogen and oxygen atoms in total. The summed E-state index contributed by atoms with van der Waals surface area (Å²) in [6.07, 6.45) is -2.32. The molecule has 0 N–H and O–H groups in total. The molecule has 20 heavy (non-hydrogen) atoms. The van der Waals surface area contributed by atoms with Crippen LogP contribution >= 0.6 is 0 Å². The normalized spacial score (nSPS) is 11.4. The Labute approximate surface area is 116 Å². The third kappa shape index (κ3) is 4.79. The van der Waals surface area contributed by atoms with Crippen molar-refractivity contribution in [1.82, 2.24) is 0 Å². The maximum atomic E-state index is 12.8. The van der Waals surface area contributed by atoms with Gasteiger partial charge in [-0.3, -0.25) is 9.59 Å². The van der Waals surface area contributed by atoms with Crippen molar-refractivity contribution in [2.45, 2.75) is 45.2 Å². The number of benzene rings is 1. The van der Waals surface area contributed by atoms with Crippen LogP contribution in [-0.2, 0) is 11.0 Å². The molecule has 0 heterocycles. The van der Waals surface area contributed by atoms with E-state index in [1.165, 1.54) is 12.1 Å². The Balaban J connectivity index is 2.76. The predicted octanol–water partition coefficient (Wildman–Crippen LogP) is 4.43. The quantitative estimate of drug-likeness (QED) is 0.422. The number of ketones is 2. The zero-order valence-corrected chi connectivity index (χ0v) is 11.3. The predicted molar refractivity (Wildman–Crippen MR) is 69.5 cm³/mol. The molecule has 0 saturated heterocycles. The van der Waals surface area contributed by atoms with Gasteiger partial charge in [0.2, 0.25) is 0 Å². The van der Waals surface area contributed by atoms with E-state index in [1.807, 2.05) is 6.92 Å². The minimum atomic E-state index is -4.59. The number of halogens is 3. The smallest absolute Gasteiger partial charge is 0.299 e. The summed E-state index contributed by atoms with van der Waals surface area (Å²) >= 11 is 0. The van der Waals surface area contributed by atoms with Crippen LogP contribution in [0.1, 0.15) is 54.9 Å². The number of alkyl halides is 3. The highest BCUT2D eigenvalue weighted by Gasteiger charge is 2.34. The molecule has 0 aliphatic heterocycles. The number of unbranched alkanes of at least 4 members (excludes halogenated alkanes) is 2. The summed E-state index contributed by atoms with van der Waals surface area (Å²) in [5.74, 6) is -1.07. The zero-order valence-electron chi connectivity index (χ0n) is 11.3. The van der Waals surface area contributed by atoms with Gasteiger partial charge in [0.15, 0.2) is 5.78 Å². The van der Waals surface area contributed by atoms with Crippen molar-refractivity contribution in [3.8, 4) is 0 Å². The van der Waals surface area contributed by atoms with Gasteiger partial charge in [0.05, 0.1) is 12.0 Å². The summed E-state index contributed by atoms with van der Waals surface area (Å²) in [6, 6.07) is 4.56. The SMILES string of the molecule is CCCCCC(=O)CC(=O)c1ccccc1C(F)(F)F. The zero-order chi connectivity index (χ0) is 15.2. The van der Waals surface area contributed by atoms with Crippen molar-refractivity contribution in [3.63, 3.8) is 0 Å². The van der Waals surface area contributed by atoms with Crippen molar-refractivity contribution < 1.29 is 22.8 Å². The Morgan fingerprint density at radius 2 is 1.75 bits per heavy atom. The first-order chi connectivity index (χ1) is 9.36. The highest BCUT2D eigenvalue weighted by atomic mass is 19.4. The molecule has 0 aromatic heterocycles. The lowest BCUT2D eigenvalue weighted by Crippen LogP contribution is -2.15. The number of Topliss-reactive ketones (excluding diaryl/α,β-unsaturated/α-hetero) is 2. The summed E-state index contributed by atoms with van der Waals surface area (Å²) < 4.78 is 38.3. The van der Waals surface area contributed by atoms with Gasteiger partial charge in [0, 0.05) is 12.0 Å². The summed E-state index contributed by atoms with van der Waals surface area (Å²) in [4.78, 5) is 23.4. The second-order valence-electron chi connectivity index (χ2n) is 4.64. The molecule has 1 rings (SSSR count). The Morgan fingerprint density at radius 3 is 2.35 bits per heavy atom. The van der Waals surface area contributed by atoms with Crippen LogP contribution in [-0.4, -0.2) is 11.6 Å². The minimum Gasteiger partial charge on any atom is -0.299 e. The highest BCUT2D eigenvalue weighted by Crippen LogP contribution is 2.32. The molecule has 110 valence electrons. The molecule has 0 aliphatic carbocycles. The third-order valence-corrected chi connectivity index (χ3v) is 2.95. The fraction of sp³-hybridized carbons (Fsp3) is 0.467. The summed E-state index contributed by atoms with van der Waals surface area (Å²) in [6.45, 7) is 1.98. The molecule has 1 aromatic carbocycles.